The summed E-state index contributed by atoms with van der Waals surface area (Å²) in [5, 5.41) is 0.899. The standard InChI is InChI=1S/C18H24N2OS/c1-4-15-11-22-18(20(15)17(21)14-6-5-7-14)19-16-9-8-12(2)10-13(16)3/h8-10,14-15H,4-7,11H2,1-3H3/t15-/m1/s1. The number of amides is 1. The van der Waals surface area contributed by atoms with Crippen molar-refractivity contribution in [1.82, 2.24) is 4.90 Å². The zero-order valence-corrected chi connectivity index (χ0v) is 14.4. The predicted molar refractivity (Wildman–Crippen MR) is 93.7 cm³/mol. The van der Waals surface area contributed by atoms with E-state index < -0.39 is 0 Å². The Hall–Kier alpha value is -1.29. The molecule has 0 radical (unpaired) electrons. The van der Waals surface area contributed by atoms with Gasteiger partial charge in [-0.05, 0) is 44.7 Å². The van der Waals surface area contributed by atoms with Crippen LogP contribution in [0.2, 0.25) is 0 Å². The normalized spacial score (nSPS) is 23.9. The lowest BCUT2D eigenvalue weighted by Crippen LogP contribution is -2.44. The molecule has 1 saturated heterocycles. The van der Waals surface area contributed by atoms with Crippen molar-refractivity contribution in [3.63, 3.8) is 0 Å². The molecule has 2 fully saturated rings. The van der Waals surface area contributed by atoms with Crippen LogP contribution in [-0.2, 0) is 4.79 Å². The molecule has 118 valence electrons. The van der Waals surface area contributed by atoms with E-state index in [0.717, 1.165) is 35.9 Å². The van der Waals surface area contributed by atoms with Crippen LogP contribution >= 0.6 is 11.8 Å². The molecule has 1 aliphatic heterocycles. The van der Waals surface area contributed by atoms with E-state index in [0.29, 0.717) is 11.9 Å². The maximum atomic E-state index is 12.8. The number of carbonyl (C=O) groups excluding carboxylic acids is 1. The molecule has 0 unspecified atom stereocenters. The van der Waals surface area contributed by atoms with Gasteiger partial charge in [0.1, 0.15) is 0 Å². The molecule has 1 saturated carbocycles. The molecule has 1 heterocycles. The van der Waals surface area contributed by atoms with Gasteiger partial charge in [0.25, 0.3) is 0 Å². The van der Waals surface area contributed by atoms with Gasteiger partial charge in [-0.3, -0.25) is 9.69 Å². The highest BCUT2D eigenvalue weighted by Crippen LogP contribution is 2.35. The zero-order chi connectivity index (χ0) is 15.7. The van der Waals surface area contributed by atoms with E-state index in [-0.39, 0.29) is 5.92 Å². The van der Waals surface area contributed by atoms with Gasteiger partial charge in [-0.2, -0.15) is 0 Å². The first-order chi connectivity index (χ1) is 10.6. The summed E-state index contributed by atoms with van der Waals surface area (Å²) < 4.78 is 0. The molecule has 0 spiro atoms. The summed E-state index contributed by atoms with van der Waals surface area (Å²) in [6, 6.07) is 6.60. The number of thioether (sulfide) groups is 1. The highest BCUT2D eigenvalue weighted by atomic mass is 32.2. The Morgan fingerprint density at radius 1 is 1.36 bits per heavy atom. The van der Waals surface area contributed by atoms with E-state index in [9.17, 15) is 4.79 Å². The SMILES string of the molecule is CC[C@@H]1CSC(=Nc2ccc(C)cc2C)N1C(=O)C1CCC1. The van der Waals surface area contributed by atoms with E-state index >= 15 is 0 Å². The lowest BCUT2D eigenvalue weighted by Gasteiger charge is -2.32. The van der Waals surface area contributed by atoms with Crippen molar-refractivity contribution >= 4 is 28.5 Å². The van der Waals surface area contributed by atoms with Gasteiger partial charge >= 0.3 is 0 Å². The van der Waals surface area contributed by atoms with Crippen LogP contribution in [0.5, 0.6) is 0 Å². The molecule has 1 aromatic rings. The summed E-state index contributed by atoms with van der Waals surface area (Å²) in [6.07, 6.45) is 4.29. The predicted octanol–water partition coefficient (Wildman–Crippen LogP) is 4.45. The Balaban J connectivity index is 1.89. The second-order valence-corrected chi connectivity index (χ2v) is 7.38. The van der Waals surface area contributed by atoms with Crippen molar-refractivity contribution in [2.45, 2.75) is 52.5 Å². The molecular formula is C18H24N2OS. The minimum absolute atomic E-state index is 0.233. The summed E-state index contributed by atoms with van der Waals surface area (Å²) in [6.45, 7) is 6.33. The summed E-state index contributed by atoms with van der Waals surface area (Å²) >= 11 is 1.73. The monoisotopic (exact) mass is 316 g/mol. The minimum atomic E-state index is 0.233. The van der Waals surface area contributed by atoms with Crippen molar-refractivity contribution in [1.29, 1.82) is 0 Å². The van der Waals surface area contributed by atoms with Crippen molar-refractivity contribution in [3.8, 4) is 0 Å². The number of hydrogen-bond donors (Lipinski definition) is 0. The lowest BCUT2D eigenvalue weighted by molar-refractivity contribution is -0.135. The third-order valence-corrected chi connectivity index (χ3v) is 5.81. The van der Waals surface area contributed by atoms with E-state index in [4.69, 9.17) is 4.99 Å². The first-order valence-corrected chi connectivity index (χ1v) is 9.20. The van der Waals surface area contributed by atoms with E-state index in [1.165, 1.54) is 17.5 Å². The Bertz CT molecular complexity index is 607. The van der Waals surface area contributed by atoms with Crippen LogP contribution in [0.1, 0.15) is 43.7 Å². The summed E-state index contributed by atoms with van der Waals surface area (Å²) in [5.74, 6) is 1.50. The number of nitrogens with zero attached hydrogens (tertiary/aromatic N) is 2. The molecule has 1 atom stereocenters. The van der Waals surface area contributed by atoms with Crippen LogP contribution in [0.4, 0.5) is 5.69 Å². The van der Waals surface area contributed by atoms with Gasteiger partial charge in [-0.1, -0.05) is 42.8 Å². The van der Waals surface area contributed by atoms with Gasteiger partial charge in [0.2, 0.25) is 5.91 Å². The van der Waals surface area contributed by atoms with Crippen molar-refractivity contribution in [2.75, 3.05) is 5.75 Å². The van der Waals surface area contributed by atoms with Crippen molar-refractivity contribution < 1.29 is 4.79 Å². The lowest BCUT2D eigenvalue weighted by atomic mass is 9.84. The van der Waals surface area contributed by atoms with Crippen LogP contribution in [0.3, 0.4) is 0 Å². The smallest absolute Gasteiger partial charge is 0.231 e. The minimum Gasteiger partial charge on any atom is -0.287 e. The largest absolute Gasteiger partial charge is 0.287 e. The third kappa shape index (κ3) is 2.94. The fourth-order valence-corrected chi connectivity index (χ4v) is 4.28. The Morgan fingerprint density at radius 2 is 2.14 bits per heavy atom. The number of benzene rings is 1. The van der Waals surface area contributed by atoms with Crippen molar-refractivity contribution in [3.05, 3.63) is 29.3 Å². The summed E-state index contributed by atoms with van der Waals surface area (Å²) in [7, 11) is 0. The number of aryl methyl sites for hydroxylation is 2. The van der Waals surface area contributed by atoms with Gasteiger partial charge < -0.3 is 0 Å². The Morgan fingerprint density at radius 3 is 2.73 bits per heavy atom. The van der Waals surface area contributed by atoms with Gasteiger partial charge in [0.05, 0.1) is 5.69 Å². The molecule has 0 bridgehead atoms. The van der Waals surface area contributed by atoms with Crippen LogP contribution in [0.25, 0.3) is 0 Å². The van der Waals surface area contributed by atoms with E-state index in [1.807, 2.05) is 4.90 Å². The first kappa shape index (κ1) is 15.6. The third-order valence-electron chi connectivity index (χ3n) is 4.71. The molecule has 1 aromatic carbocycles. The fraction of sp³-hybridized carbons (Fsp3) is 0.556. The molecule has 0 aromatic heterocycles. The molecule has 2 aliphatic rings. The van der Waals surface area contributed by atoms with Crippen LogP contribution in [-0.4, -0.2) is 27.8 Å². The van der Waals surface area contributed by atoms with Crippen LogP contribution in [0.15, 0.2) is 23.2 Å². The number of rotatable bonds is 3. The second kappa shape index (κ2) is 6.45. The van der Waals surface area contributed by atoms with Gasteiger partial charge in [0.15, 0.2) is 5.17 Å². The average molecular weight is 316 g/mol. The van der Waals surface area contributed by atoms with E-state index in [1.54, 1.807) is 11.8 Å². The van der Waals surface area contributed by atoms with Gasteiger partial charge in [-0.15, -0.1) is 0 Å². The van der Waals surface area contributed by atoms with Crippen LogP contribution < -0.4 is 0 Å². The molecule has 1 aliphatic carbocycles. The van der Waals surface area contributed by atoms with Crippen molar-refractivity contribution in [2.24, 2.45) is 10.9 Å². The summed E-state index contributed by atoms with van der Waals surface area (Å²) in [4.78, 5) is 19.6. The number of hydrogen-bond acceptors (Lipinski definition) is 3. The van der Waals surface area contributed by atoms with Crippen LogP contribution in [0, 0.1) is 19.8 Å². The highest BCUT2D eigenvalue weighted by molar-refractivity contribution is 8.14. The van der Waals surface area contributed by atoms with E-state index in [2.05, 4.69) is 39.0 Å². The maximum absolute atomic E-state index is 12.8. The molecule has 3 rings (SSSR count). The number of carbonyl (C=O) groups is 1. The second-order valence-electron chi connectivity index (χ2n) is 6.39. The Kier molecular flexibility index (Phi) is 4.57. The highest BCUT2D eigenvalue weighted by Gasteiger charge is 2.39. The topological polar surface area (TPSA) is 32.7 Å². The molecular weight excluding hydrogens is 292 g/mol. The van der Waals surface area contributed by atoms with Gasteiger partial charge in [-0.25, -0.2) is 4.99 Å². The maximum Gasteiger partial charge on any atom is 0.231 e. The Labute approximate surface area is 137 Å². The molecule has 0 N–H and O–H groups in total. The number of amidine groups is 1. The number of aliphatic imine (C=N–C) groups is 1. The fourth-order valence-electron chi connectivity index (χ4n) is 3.02. The molecule has 3 nitrogen and oxygen atoms in total. The summed E-state index contributed by atoms with van der Waals surface area (Å²) in [5.41, 5.74) is 3.40. The molecule has 22 heavy (non-hydrogen) atoms. The first-order valence-electron chi connectivity index (χ1n) is 8.22. The molecule has 4 heteroatoms. The molecule has 1 amide bonds. The zero-order valence-electron chi connectivity index (χ0n) is 13.6. The van der Waals surface area contributed by atoms with Gasteiger partial charge in [0, 0.05) is 17.7 Å². The average Bonchev–Trinajstić information content (AvgIpc) is 2.82. The quantitative estimate of drug-likeness (QED) is 0.825.